The van der Waals surface area contributed by atoms with E-state index in [4.69, 9.17) is 5.73 Å². The number of nitrogens with two attached hydrogens (primary N) is 1. The molecule has 0 spiro atoms. The van der Waals surface area contributed by atoms with Crippen molar-refractivity contribution in [2.24, 2.45) is 5.73 Å². The topological polar surface area (TPSA) is 78.7 Å². The highest BCUT2D eigenvalue weighted by atomic mass is 35.5. The second kappa shape index (κ2) is 9.40. The summed E-state index contributed by atoms with van der Waals surface area (Å²) in [7, 11) is 0. The normalized spacial score (nSPS) is 15.0. The molecule has 0 unspecified atom stereocenters. The molecule has 2 amide bonds. The molecule has 1 heterocycles. The lowest BCUT2D eigenvalue weighted by atomic mass is 10.2. The van der Waals surface area contributed by atoms with Gasteiger partial charge in [0.2, 0.25) is 11.8 Å². The van der Waals surface area contributed by atoms with Crippen LogP contribution in [0.1, 0.15) is 6.42 Å². The first-order chi connectivity index (χ1) is 10.2. The van der Waals surface area contributed by atoms with Crippen LogP contribution in [-0.4, -0.2) is 60.9 Å². The predicted molar refractivity (Wildman–Crippen MR) is 89.0 cm³/mol. The predicted octanol–water partition coefficient (Wildman–Crippen LogP) is 0.540. The molecule has 1 saturated heterocycles. The molecule has 1 aliphatic heterocycles. The molecule has 0 radical (unpaired) electrons. The first-order valence-corrected chi connectivity index (χ1v) is 7.24. The van der Waals surface area contributed by atoms with Crippen molar-refractivity contribution in [3.05, 3.63) is 30.3 Å². The van der Waals surface area contributed by atoms with Crippen molar-refractivity contribution in [1.82, 2.24) is 9.80 Å². The maximum absolute atomic E-state index is 11.9. The van der Waals surface area contributed by atoms with Crippen molar-refractivity contribution >= 4 is 29.9 Å². The summed E-state index contributed by atoms with van der Waals surface area (Å²) in [5.74, 6) is 0.0776. The van der Waals surface area contributed by atoms with Crippen LogP contribution in [-0.2, 0) is 9.59 Å². The highest BCUT2D eigenvalue weighted by Crippen LogP contribution is 2.07. The molecule has 2 rings (SSSR count). The Morgan fingerprint density at radius 3 is 2.32 bits per heavy atom. The number of hydrogen-bond acceptors (Lipinski definition) is 4. The van der Waals surface area contributed by atoms with Gasteiger partial charge in [0.05, 0.1) is 6.54 Å². The van der Waals surface area contributed by atoms with Crippen molar-refractivity contribution in [2.75, 3.05) is 44.6 Å². The Morgan fingerprint density at radius 1 is 1.09 bits per heavy atom. The summed E-state index contributed by atoms with van der Waals surface area (Å²) < 4.78 is 0. The summed E-state index contributed by atoms with van der Waals surface area (Å²) in [4.78, 5) is 27.5. The second-order valence-corrected chi connectivity index (χ2v) is 5.11. The standard InChI is InChI=1S/C15H22N4O2.ClH/c16-7-6-15(21)19-10-8-18(9-11-19)12-14(20)17-13-4-2-1-3-5-13;/h1-5H,6-12,16H2,(H,17,20);1H. The van der Waals surface area contributed by atoms with Gasteiger partial charge in [0.1, 0.15) is 0 Å². The minimum absolute atomic E-state index is 0. The van der Waals surface area contributed by atoms with Crippen LogP contribution in [0.5, 0.6) is 0 Å². The number of carbonyl (C=O) groups is 2. The van der Waals surface area contributed by atoms with E-state index < -0.39 is 0 Å². The van der Waals surface area contributed by atoms with Crippen molar-refractivity contribution in [1.29, 1.82) is 0 Å². The quantitative estimate of drug-likeness (QED) is 0.828. The van der Waals surface area contributed by atoms with E-state index in [-0.39, 0.29) is 24.2 Å². The van der Waals surface area contributed by atoms with Crippen LogP contribution in [0, 0.1) is 0 Å². The van der Waals surface area contributed by atoms with E-state index in [0.717, 1.165) is 18.8 Å². The number of hydrogen-bond donors (Lipinski definition) is 2. The van der Waals surface area contributed by atoms with Crippen LogP contribution in [0.25, 0.3) is 0 Å². The molecule has 1 aromatic carbocycles. The number of piperazine rings is 1. The molecule has 3 N–H and O–H groups in total. The molecule has 6 nitrogen and oxygen atoms in total. The van der Waals surface area contributed by atoms with E-state index >= 15 is 0 Å². The first-order valence-electron chi connectivity index (χ1n) is 7.24. The fourth-order valence-electron chi connectivity index (χ4n) is 2.36. The molecule has 1 aliphatic rings. The zero-order chi connectivity index (χ0) is 15.1. The van der Waals surface area contributed by atoms with Crippen molar-refractivity contribution in [3.8, 4) is 0 Å². The van der Waals surface area contributed by atoms with Gasteiger partial charge in [0.25, 0.3) is 0 Å². The Bertz CT molecular complexity index is 476. The minimum atomic E-state index is -0.0251. The van der Waals surface area contributed by atoms with Gasteiger partial charge in [-0.2, -0.15) is 0 Å². The summed E-state index contributed by atoms with van der Waals surface area (Å²) in [6, 6.07) is 9.41. The van der Waals surface area contributed by atoms with E-state index in [0.29, 0.717) is 32.6 Å². The van der Waals surface area contributed by atoms with Gasteiger partial charge in [-0.15, -0.1) is 12.4 Å². The van der Waals surface area contributed by atoms with Gasteiger partial charge in [-0.25, -0.2) is 0 Å². The number of nitrogens with zero attached hydrogens (tertiary/aromatic N) is 2. The monoisotopic (exact) mass is 326 g/mol. The van der Waals surface area contributed by atoms with Crippen LogP contribution in [0.15, 0.2) is 30.3 Å². The van der Waals surface area contributed by atoms with Crippen LogP contribution in [0.3, 0.4) is 0 Å². The molecule has 1 fully saturated rings. The highest BCUT2D eigenvalue weighted by Gasteiger charge is 2.21. The largest absolute Gasteiger partial charge is 0.340 e. The summed E-state index contributed by atoms with van der Waals surface area (Å²) in [5, 5.41) is 2.87. The number of halogens is 1. The molecule has 122 valence electrons. The van der Waals surface area contributed by atoms with Gasteiger partial charge in [-0.05, 0) is 12.1 Å². The summed E-state index contributed by atoms with van der Waals surface area (Å²) in [5.41, 5.74) is 6.20. The fraction of sp³-hybridized carbons (Fsp3) is 0.467. The van der Waals surface area contributed by atoms with Gasteiger partial charge in [0.15, 0.2) is 0 Å². The third-order valence-electron chi connectivity index (χ3n) is 3.51. The van der Waals surface area contributed by atoms with Gasteiger partial charge in [-0.3, -0.25) is 14.5 Å². The summed E-state index contributed by atoms with van der Waals surface area (Å²) in [6.07, 6.45) is 0.397. The van der Waals surface area contributed by atoms with Gasteiger partial charge in [0, 0.05) is 44.8 Å². The average Bonchev–Trinajstić information content (AvgIpc) is 2.49. The van der Waals surface area contributed by atoms with Crippen molar-refractivity contribution in [3.63, 3.8) is 0 Å². The molecule has 0 saturated carbocycles. The number of amides is 2. The summed E-state index contributed by atoms with van der Waals surface area (Å²) in [6.45, 7) is 3.51. The first kappa shape index (κ1) is 18.4. The van der Waals surface area contributed by atoms with E-state index in [1.165, 1.54) is 0 Å². The molecule has 7 heteroatoms. The van der Waals surface area contributed by atoms with Gasteiger partial charge in [-0.1, -0.05) is 18.2 Å². The van der Waals surface area contributed by atoms with Crippen LogP contribution in [0.4, 0.5) is 5.69 Å². The number of anilines is 1. The highest BCUT2D eigenvalue weighted by molar-refractivity contribution is 5.92. The molecule has 0 aromatic heterocycles. The van der Waals surface area contributed by atoms with E-state index in [9.17, 15) is 9.59 Å². The Hall–Kier alpha value is -1.63. The van der Waals surface area contributed by atoms with Crippen LogP contribution < -0.4 is 11.1 Å². The molecule has 0 atom stereocenters. The zero-order valence-electron chi connectivity index (χ0n) is 12.5. The lowest BCUT2D eigenvalue weighted by Crippen LogP contribution is -2.50. The van der Waals surface area contributed by atoms with E-state index in [1.807, 2.05) is 35.2 Å². The molecule has 0 aliphatic carbocycles. The maximum Gasteiger partial charge on any atom is 0.238 e. The Kier molecular flexibility index (Phi) is 7.87. The zero-order valence-corrected chi connectivity index (χ0v) is 13.3. The SMILES string of the molecule is Cl.NCCC(=O)N1CCN(CC(=O)Nc2ccccc2)CC1. The smallest absolute Gasteiger partial charge is 0.238 e. The van der Waals surface area contributed by atoms with Crippen LogP contribution in [0.2, 0.25) is 0 Å². The van der Waals surface area contributed by atoms with E-state index in [1.54, 1.807) is 0 Å². The van der Waals surface area contributed by atoms with Crippen LogP contribution >= 0.6 is 12.4 Å². The molecular formula is C15H23ClN4O2. The number of rotatable bonds is 5. The molecule has 22 heavy (non-hydrogen) atoms. The average molecular weight is 327 g/mol. The number of benzene rings is 1. The number of nitrogens with one attached hydrogen (secondary N) is 1. The maximum atomic E-state index is 11.9. The lowest BCUT2D eigenvalue weighted by molar-refractivity contribution is -0.132. The van der Waals surface area contributed by atoms with Crippen molar-refractivity contribution in [2.45, 2.75) is 6.42 Å². The number of para-hydroxylation sites is 1. The third kappa shape index (κ3) is 5.63. The Labute approximate surface area is 137 Å². The van der Waals surface area contributed by atoms with Gasteiger partial charge < -0.3 is 16.0 Å². The van der Waals surface area contributed by atoms with Crippen molar-refractivity contribution < 1.29 is 9.59 Å². The molecule has 1 aromatic rings. The fourth-order valence-corrected chi connectivity index (χ4v) is 2.36. The lowest BCUT2D eigenvalue weighted by Gasteiger charge is -2.34. The van der Waals surface area contributed by atoms with E-state index in [2.05, 4.69) is 10.2 Å². The molecule has 0 bridgehead atoms. The minimum Gasteiger partial charge on any atom is -0.340 e. The molecular weight excluding hydrogens is 304 g/mol. The Morgan fingerprint density at radius 2 is 1.73 bits per heavy atom. The third-order valence-corrected chi connectivity index (χ3v) is 3.51. The second-order valence-electron chi connectivity index (χ2n) is 5.11. The Balaban J connectivity index is 0.00000242. The summed E-state index contributed by atoms with van der Waals surface area (Å²) >= 11 is 0. The number of carbonyl (C=O) groups excluding carboxylic acids is 2. The van der Waals surface area contributed by atoms with Gasteiger partial charge >= 0.3 is 0 Å².